The molecule has 0 saturated carbocycles. The van der Waals surface area contributed by atoms with Crippen molar-refractivity contribution in [1.29, 1.82) is 0 Å². The van der Waals surface area contributed by atoms with Crippen LogP contribution in [0.4, 0.5) is 0 Å². The van der Waals surface area contributed by atoms with Crippen molar-refractivity contribution >= 4 is 17.7 Å². The van der Waals surface area contributed by atoms with Crippen molar-refractivity contribution in [3.63, 3.8) is 0 Å². The van der Waals surface area contributed by atoms with Crippen LogP contribution >= 0.6 is 11.8 Å². The molecule has 0 fully saturated rings. The lowest BCUT2D eigenvalue weighted by Gasteiger charge is -2.17. The van der Waals surface area contributed by atoms with Crippen LogP contribution in [0.15, 0.2) is 76.5 Å². The van der Waals surface area contributed by atoms with E-state index in [0.29, 0.717) is 11.7 Å². The summed E-state index contributed by atoms with van der Waals surface area (Å²) in [5.41, 5.74) is 4.36. The average Bonchev–Trinajstić information content (AvgIpc) is 3.42. The van der Waals surface area contributed by atoms with Crippen molar-refractivity contribution in [2.45, 2.75) is 44.9 Å². The molecule has 6 nitrogen and oxygen atoms in total. The zero-order valence-corrected chi connectivity index (χ0v) is 19.9. The van der Waals surface area contributed by atoms with E-state index in [1.165, 1.54) is 17.3 Å². The molecule has 0 saturated heterocycles. The summed E-state index contributed by atoms with van der Waals surface area (Å²) < 4.78 is 7.53. The zero-order chi connectivity index (χ0) is 23.2. The molecule has 7 heteroatoms. The Labute approximate surface area is 198 Å². The average molecular weight is 461 g/mol. The van der Waals surface area contributed by atoms with Crippen LogP contribution < -0.4 is 5.32 Å². The van der Waals surface area contributed by atoms with Crippen LogP contribution in [0, 0.1) is 13.8 Å². The summed E-state index contributed by atoms with van der Waals surface area (Å²) in [5.74, 6) is 1.76. The van der Waals surface area contributed by atoms with E-state index in [1.54, 1.807) is 6.26 Å². The number of aromatic nitrogens is 3. The van der Waals surface area contributed by atoms with E-state index in [4.69, 9.17) is 4.42 Å². The minimum absolute atomic E-state index is 0.00923. The normalized spacial score (nSPS) is 12.0. The first-order valence-corrected chi connectivity index (χ1v) is 12.0. The number of hydrogen-bond donors (Lipinski definition) is 1. The highest BCUT2D eigenvalue weighted by Gasteiger charge is 2.19. The van der Waals surface area contributed by atoms with Gasteiger partial charge in [-0.1, -0.05) is 78.8 Å². The van der Waals surface area contributed by atoms with Gasteiger partial charge in [-0.3, -0.25) is 9.36 Å². The minimum Gasteiger partial charge on any atom is -0.469 e. The molecular weight excluding hydrogens is 432 g/mol. The summed E-state index contributed by atoms with van der Waals surface area (Å²) in [6.45, 7) is 6.66. The predicted molar refractivity (Wildman–Crippen MR) is 131 cm³/mol. The van der Waals surface area contributed by atoms with E-state index in [0.717, 1.165) is 34.7 Å². The second kappa shape index (κ2) is 10.5. The molecule has 1 N–H and O–H groups in total. The number of hydrogen-bond acceptors (Lipinski definition) is 5. The Morgan fingerprint density at radius 1 is 1.06 bits per heavy atom. The third kappa shape index (κ3) is 5.54. The third-order valence-corrected chi connectivity index (χ3v) is 6.52. The first kappa shape index (κ1) is 22.9. The van der Waals surface area contributed by atoms with Crippen LogP contribution in [0.25, 0.3) is 11.4 Å². The molecule has 170 valence electrons. The molecule has 2 heterocycles. The number of carbonyl (C=O) groups excluding carboxylic acids is 1. The molecule has 0 aliphatic carbocycles. The first-order valence-electron chi connectivity index (χ1n) is 11.1. The van der Waals surface area contributed by atoms with Gasteiger partial charge in [0.15, 0.2) is 11.0 Å². The molecule has 2 aromatic heterocycles. The van der Waals surface area contributed by atoms with Gasteiger partial charge in [-0.2, -0.15) is 0 Å². The number of thioether (sulfide) groups is 1. The van der Waals surface area contributed by atoms with Gasteiger partial charge in [0.05, 0.1) is 30.2 Å². The molecule has 0 aliphatic heterocycles. The number of amides is 1. The zero-order valence-electron chi connectivity index (χ0n) is 19.1. The van der Waals surface area contributed by atoms with Crippen molar-refractivity contribution in [2.75, 3.05) is 5.75 Å². The SMILES string of the molecule is CC[C@@H](NC(=O)CSc1nnc(-c2ccoc2C)n1Cc1ccccc1)c1ccc(C)cc1. The van der Waals surface area contributed by atoms with Crippen LogP contribution in [-0.4, -0.2) is 26.4 Å². The summed E-state index contributed by atoms with van der Waals surface area (Å²) in [4.78, 5) is 12.8. The van der Waals surface area contributed by atoms with Gasteiger partial charge in [0.25, 0.3) is 0 Å². The van der Waals surface area contributed by atoms with Crippen molar-refractivity contribution in [3.05, 3.63) is 89.4 Å². The highest BCUT2D eigenvalue weighted by atomic mass is 32.2. The van der Waals surface area contributed by atoms with Crippen LogP contribution in [0.3, 0.4) is 0 Å². The molecule has 0 spiro atoms. The Kier molecular flexibility index (Phi) is 7.29. The second-order valence-electron chi connectivity index (χ2n) is 8.00. The Morgan fingerprint density at radius 3 is 2.48 bits per heavy atom. The van der Waals surface area contributed by atoms with E-state index in [-0.39, 0.29) is 17.7 Å². The molecule has 4 rings (SSSR count). The lowest BCUT2D eigenvalue weighted by atomic mass is 10.0. The van der Waals surface area contributed by atoms with Gasteiger partial charge >= 0.3 is 0 Å². The Balaban J connectivity index is 1.50. The number of furan rings is 1. The van der Waals surface area contributed by atoms with Crippen LogP contribution in [0.1, 0.15) is 41.8 Å². The molecule has 0 aliphatic rings. The molecule has 0 radical (unpaired) electrons. The van der Waals surface area contributed by atoms with Crippen LogP contribution in [-0.2, 0) is 11.3 Å². The fourth-order valence-electron chi connectivity index (χ4n) is 3.71. The molecule has 1 atom stereocenters. The summed E-state index contributed by atoms with van der Waals surface area (Å²) in [6, 6.07) is 20.3. The van der Waals surface area contributed by atoms with Crippen molar-refractivity contribution in [2.24, 2.45) is 0 Å². The number of nitrogens with one attached hydrogen (secondary N) is 1. The maximum atomic E-state index is 12.8. The topological polar surface area (TPSA) is 73.0 Å². The number of carbonyl (C=O) groups is 1. The maximum Gasteiger partial charge on any atom is 0.230 e. The highest BCUT2D eigenvalue weighted by Crippen LogP contribution is 2.28. The Bertz CT molecular complexity index is 1200. The molecular formula is C26H28N4O2S. The third-order valence-electron chi connectivity index (χ3n) is 5.56. The summed E-state index contributed by atoms with van der Waals surface area (Å²) in [6.07, 6.45) is 2.48. The fraction of sp³-hybridized carbons (Fsp3) is 0.269. The van der Waals surface area contributed by atoms with Crippen LogP contribution in [0.5, 0.6) is 0 Å². The number of aryl methyl sites for hydroxylation is 2. The fourth-order valence-corrected chi connectivity index (χ4v) is 4.46. The quantitative estimate of drug-likeness (QED) is 0.331. The van der Waals surface area contributed by atoms with E-state index < -0.39 is 0 Å². The van der Waals surface area contributed by atoms with E-state index in [9.17, 15) is 4.79 Å². The van der Waals surface area contributed by atoms with Gasteiger partial charge < -0.3 is 9.73 Å². The second-order valence-corrected chi connectivity index (χ2v) is 8.94. The maximum absolute atomic E-state index is 12.8. The van der Waals surface area contributed by atoms with Crippen molar-refractivity contribution in [3.8, 4) is 11.4 Å². The van der Waals surface area contributed by atoms with Gasteiger partial charge in [0.1, 0.15) is 5.76 Å². The minimum atomic E-state index is -0.0253. The van der Waals surface area contributed by atoms with E-state index in [2.05, 4.69) is 65.8 Å². The smallest absolute Gasteiger partial charge is 0.230 e. The van der Waals surface area contributed by atoms with Gasteiger partial charge in [-0.25, -0.2) is 0 Å². The monoisotopic (exact) mass is 460 g/mol. The number of benzene rings is 2. The summed E-state index contributed by atoms with van der Waals surface area (Å²) >= 11 is 1.40. The number of nitrogens with zero attached hydrogens (tertiary/aromatic N) is 3. The molecule has 0 bridgehead atoms. The molecule has 1 amide bonds. The first-order chi connectivity index (χ1) is 16.0. The molecule has 2 aromatic carbocycles. The highest BCUT2D eigenvalue weighted by molar-refractivity contribution is 7.99. The standard InChI is InChI=1S/C26H28N4O2S/c1-4-23(21-12-10-18(2)11-13-21)27-24(31)17-33-26-29-28-25(22-14-15-32-19(22)3)30(26)16-20-8-6-5-7-9-20/h5-15,23H,4,16-17H2,1-3H3,(H,27,31)/t23-/m1/s1. The largest absolute Gasteiger partial charge is 0.469 e. The molecule has 33 heavy (non-hydrogen) atoms. The lowest BCUT2D eigenvalue weighted by Crippen LogP contribution is -2.29. The lowest BCUT2D eigenvalue weighted by molar-refractivity contribution is -0.119. The molecule has 4 aromatic rings. The van der Waals surface area contributed by atoms with E-state index >= 15 is 0 Å². The molecule has 0 unspecified atom stereocenters. The predicted octanol–water partition coefficient (Wildman–Crippen LogP) is 5.56. The van der Waals surface area contributed by atoms with E-state index in [1.807, 2.05) is 35.8 Å². The Hall–Kier alpha value is -3.32. The Morgan fingerprint density at radius 2 is 1.82 bits per heavy atom. The summed E-state index contributed by atoms with van der Waals surface area (Å²) in [5, 5.41) is 12.7. The summed E-state index contributed by atoms with van der Waals surface area (Å²) in [7, 11) is 0. The van der Waals surface area contributed by atoms with Gasteiger partial charge in [-0.05, 0) is 37.5 Å². The van der Waals surface area contributed by atoms with Crippen LogP contribution in [0.2, 0.25) is 0 Å². The van der Waals surface area contributed by atoms with Gasteiger partial charge in [-0.15, -0.1) is 10.2 Å². The van der Waals surface area contributed by atoms with Gasteiger partial charge in [0, 0.05) is 0 Å². The van der Waals surface area contributed by atoms with Crippen molar-refractivity contribution < 1.29 is 9.21 Å². The van der Waals surface area contributed by atoms with Gasteiger partial charge in [0.2, 0.25) is 5.91 Å². The van der Waals surface area contributed by atoms with Crippen molar-refractivity contribution in [1.82, 2.24) is 20.1 Å². The number of rotatable bonds is 9.